The highest BCUT2D eigenvalue weighted by molar-refractivity contribution is 8.00. The molecule has 0 saturated heterocycles. The number of thioether (sulfide) groups is 1. The summed E-state index contributed by atoms with van der Waals surface area (Å²) in [6.45, 7) is 0. The first-order valence-corrected chi connectivity index (χ1v) is 8.84. The Hall–Kier alpha value is -1.96. The summed E-state index contributed by atoms with van der Waals surface area (Å²) in [7, 11) is 0. The molecule has 0 atom stereocenters. The third-order valence-corrected chi connectivity index (χ3v) is 6.00. The number of nitriles is 1. The van der Waals surface area contributed by atoms with Crippen molar-refractivity contribution in [3.8, 4) is 17.3 Å². The quantitative estimate of drug-likeness (QED) is 0.661. The zero-order valence-corrected chi connectivity index (χ0v) is 13.9. The van der Waals surface area contributed by atoms with E-state index in [2.05, 4.69) is 17.1 Å². The Morgan fingerprint density at radius 3 is 2.87 bits per heavy atom. The lowest BCUT2D eigenvalue weighted by Gasteiger charge is -2.25. The Bertz CT molecular complexity index is 922. The van der Waals surface area contributed by atoms with Crippen molar-refractivity contribution in [2.45, 2.75) is 29.4 Å². The maximum Gasteiger partial charge on any atom is 0.101 e. The van der Waals surface area contributed by atoms with E-state index in [9.17, 15) is 5.26 Å². The molecule has 5 heteroatoms. The summed E-state index contributed by atoms with van der Waals surface area (Å²) in [6, 6.07) is 9.93. The van der Waals surface area contributed by atoms with E-state index in [1.54, 1.807) is 0 Å². The number of pyridine rings is 2. The minimum Gasteiger partial charge on any atom is -0.314 e. The van der Waals surface area contributed by atoms with Crippen molar-refractivity contribution in [3.05, 3.63) is 53.4 Å². The van der Waals surface area contributed by atoms with Gasteiger partial charge in [-0.1, -0.05) is 18.0 Å². The first-order valence-electron chi connectivity index (χ1n) is 7.58. The van der Waals surface area contributed by atoms with Gasteiger partial charge in [0.2, 0.25) is 0 Å². The SMILES string of the molecule is N#Cc1ccc(-c2cnccc2SC2CCC2)n2ccc(Cl)c12. The summed E-state index contributed by atoms with van der Waals surface area (Å²) in [5, 5.41) is 10.6. The minimum atomic E-state index is 0.584. The highest BCUT2D eigenvalue weighted by atomic mass is 35.5. The van der Waals surface area contributed by atoms with Crippen LogP contribution in [0.25, 0.3) is 16.8 Å². The van der Waals surface area contributed by atoms with Crippen molar-refractivity contribution in [1.82, 2.24) is 9.38 Å². The molecule has 114 valence electrons. The van der Waals surface area contributed by atoms with Crippen molar-refractivity contribution < 1.29 is 0 Å². The summed E-state index contributed by atoms with van der Waals surface area (Å²) in [4.78, 5) is 5.54. The Balaban J connectivity index is 1.88. The van der Waals surface area contributed by atoms with Crippen molar-refractivity contribution in [2.24, 2.45) is 0 Å². The fourth-order valence-corrected chi connectivity index (χ4v) is 4.44. The van der Waals surface area contributed by atoms with Crippen molar-refractivity contribution in [2.75, 3.05) is 0 Å². The van der Waals surface area contributed by atoms with Crippen LogP contribution in [0.3, 0.4) is 0 Å². The topological polar surface area (TPSA) is 41.1 Å². The Kier molecular flexibility index (Phi) is 3.76. The lowest BCUT2D eigenvalue weighted by molar-refractivity contribution is 0.522. The molecule has 0 aliphatic heterocycles. The molecule has 0 bridgehead atoms. The average Bonchev–Trinajstić information content (AvgIpc) is 2.93. The second-order valence-corrected chi connectivity index (χ2v) is 7.42. The number of aromatic nitrogens is 2. The van der Waals surface area contributed by atoms with Gasteiger partial charge in [0.15, 0.2) is 0 Å². The summed E-state index contributed by atoms with van der Waals surface area (Å²) < 4.78 is 1.99. The van der Waals surface area contributed by atoms with Crippen LogP contribution in [0, 0.1) is 11.3 Å². The molecule has 4 rings (SSSR count). The minimum absolute atomic E-state index is 0.584. The molecule has 23 heavy (non-hydrogen) atoms. The van der Waals surface area contributed by atoms with Crippen LogP contribution >= 0.6 is 23.4 Å². The summed E-state index contributed by atoms with van der Waals surface area (Å²) in [6.07, 6.45) is 9.55. The van der Waals surface area contributed by atoms with Gasteiger partial charge in [-0.2, -0.15) is 5.26 Å². The van der Waals surface area contributed by atoms with Crippen molar-refractivity contribution in [3.63, 3.8) is 0 Å². The van der Waals surface area contributed by atoms with E-state index in [1.807, 2.05) is 53.0 Å². The number of hydrogen-bond donors (Lipinski definition) is 0. The molecule has 3 aromatic rings. The summed E-state index contributed by atoms with van der Waals surface area (Å²) in [5.74, 6) is 0. The van der Waals surface area contributed by atoms with E-state index >= 15 is 0 Å². The Morgan fingerprint density at radius 1 is 1.26 bits per heavy atom. The molecular formula is C18H14ClN3S. The molecule has 1 aliphatic carbocycles. The fraction of sp³-hybridized carbons (Fsp3) is 0.222. The molecule has 1 saturated carbocycles. The maximum absolute atomic E-state index is 9.31. The first kappa shape index (κ1) is 14.6. The molecule has 0 radical (unpaired) electrons. The van der Waals surface area contributed by atoms with Gasteiger partial charge < -0.3 is 4.40 Å². The lowest BCUT2D eigenvalue weighted by Crippen LogP contribution is -2.13. The third-order valence-electron chi connectivity index (χ3n) is 4.28. The molecule has 3 heterocycles. The fourth-order valence-electron chi connectivity index (χ4n) is 2.84. The molecule has 0 unspecified atom stereocenters. The predicted octanol–water partition coefficient (Wildman–Crippen LogP) is 5.17. The zero-order chi connectivity index (χ0) is 15.8. The van der Waals surface area contributed by atoms with Crippen LogP contribution in [0.1, 0.15) is 24.8 Å². The molecule has 3 nitrogen and oxygen atoms in total. The second kappa shape index (κ2) is 5.92. The van der Waals surface area contributed by atoms with Gasteiger partial charge in [0.1, 0.15) is 6.07 Å². The van der Waals surface area contributed by atoms with Gasteiger partial charge in [-0.05, 0) is 37.1 Å². The van der Waals surface area contributed by atoms with Crippen LogP contribution in [0.2, 0.25) is 5.02 Å². The zero-order valence-electron chi connectivity index (χ0n) is 12.4. The van der Waals surface area contributed by atoms with Crippen LogP contribution < -0.4 is 0 Å². The van der Waals surface area contributed by atoms with Crippen LogP contribution in [0.15, 0.2) is 47.8 Å². The largest absolute Gasteiger partial charge is 0.314 e. The molecule has 0 N–H and O–H groups in total. The average molecular weight is 340 g/mol. The molecule has 3 aromatic heterocycles. The Labute approximate surface area is 143 Å². The van der Waals surface area contributed by atoms with E-state index in [1.165, 1.54) is 24.2 Å². The smallest absolute Gasteiger partial charge is 0.101 e. The highest BCUT2D eigenvalue weighted by Crippen LogP contribution is 2.41. The number of fused-ring (bicyclic) bond motifs is 1. The number of rotatable bonds is 3. The van der Waals surface area contributed by atoms with Gasteiger partial charge in [-0.25, -0.2) is 0 Å². The normalized spacial score (nSPS) is 14.6. The van der Waals surface area contributed by atoms with E-state index in [0.717, 1.165) is 16.8 Å². The van der Waals surface area contributed by atoms with Crippen LogP contribution in [0.5, 0.6) is 0 Å². The van der Waals surface area contributed by atoms with E-state index in [0.29, 0.717) is 15.8 Å². The molecular weight excluding hydrogens is 326 g/mol. The van der Waals surface area contributed by atoms with Crippen LogP contribution in [-0.2, 0) is 0 Å². The lowest BCUT2D eigenvalue weighted by atomic mass is 10.00. The van der Waals surface area contributed by atoms with E-state index in [-0.39, 0.29) is 0 Å². The monoisotopic (exact) mass is 339 g/mol. The summed E-state index contributed by atoms with van der Waals surface area (Å²) >= 11 is 8.20. The van der Waals surface area contributed by atoms with Gasteiger partial charge >= 0.3 is 0 Å². The predicted molar refractivity (Wildman–Crippen MR) is 93.8 cm³/mol. The molecule has 1 aliphatic rings. The first-order chi connectivity index (χ1) is 11.3. The van der Waals surface area contributed by atoms with Gasteiger partial charge in [0.25, 0.3) is 0 Å². The maximum atomic E-state index is 9.31. The van der Waals surface area contributed by atoms with Gasteiger partial charge in [0.05, 0.1) is 21.8 Å². The standard InChI is InChI=1S/C18H14ClN3S/c19-15-7-9-22-16(5-4-12(10-20)18(15)22)14-11-21-8-6-17(14)23-13-2-1-3-13/h4-9,11,13H,1-3H2. The molecule has 0 aromatic carbocycles. The Morgan fingerprint density at radius 2 is 2.13 bits per heavy atom. The van der Waals surface area contributed by atoms with Crippen molar-refractivity contribution in [1.29, 1.82) is 5.26 Å². The van der Waals surface area contributed by atoms with Crippen LogP contribution in [-0.4, -0.2) is 14.6 Å². The summed E-state index contributed by atoms with van der Waals surface area (Å²) in [5.41, 5.74) is 3.45. The third kappa shape index (κ3) is 2.50. The molecule has 0 amide bonds. The molecule has 0 spiro atoms. The van der Waals surface area contributed by atoms with Gasteiger partial charge in [-0.15, -0.1) is 11.8 Å². The number of nitrogens with zero attached hydrogens (tertiary/aromatic N) is 3. The second-order valence-electron chi connectivity index (χ2n) is 5.67. The number of hydrogen-bond acceptors (Lipinski definition) is 3. The van der Waals surface area contributed by atoms with E-state index in [4.69, 9.17) is 11.6 Å². The van der Waals surface area contributed by atoms with Crippen molar-refractivity contribution >= 4 is 28.9 Å². The van der Waals surface area contributed by atoms with Gasteiger partial charge in [0, 0.05) is 34.3 Å². The highest BCUT2D eigenvalue weighted by Gasteiger charge is 2.21. The van der Waals surface area contributed by atoms with Gasteiger partial charge in [-0.3, -0.25) is 4.98 Å². The van der Waals surface area contributed by atoms with Crippen LogP contribution in [0.4, 0.5) is 0 Å². The number of halogens is 1. The van der Waals surface area contributed by atoms with E-state index < -0.39 is 0 Å². The molecule has 1 fully saturated rings.